The van der Waals surface area contributed by atoms with Crippen molar-refractivity contribution in [3.05, 3.63) is 53.6 Å². The summed E-state index contributed by atoms with van der Waals surface area (Å²) < 4.78 is 10.4. The highest BCUT2D eigenvalue weighted by Gasteiger charge is 2.11. The topological polar surface area (TPSA) is 64.6 Å². The smallest absolute Gasteiger partial charge is 0.224 e. The summed E-state index contributed by atoms with van der Waals surface area (Å²) in [7, 11) is 3.09. The summed E-state index contributed by atoms with van der Waals surface area (Å²) in [6.45, 7) is 2.12. The average molecular weight is 355 g/mol. The Hall–Kier alpha value is -2.82. The van der Waals surface area contributed by atoms with Crippen molar-refractivity contribution in [1.29, 1.82) is 0 Å². The molecule has 0 saturated carbocycles. The normalized spacial score (nSPS) is 10.3. The van der Waals surface area contributed by atoms with Crippen molar-refractivity contribution < 1.29 is 19.1 Å². The van der Waals surface area contributed by atoms with Crippen molar-refractivity contribution in [3.8, 4) is 11.5 Å². The van der Waals surface area contributed by atoms with E-state index in [2.05, 4.69) is 12.2 Å². The summed E-state index contributed by atoms with van der Waals surface area (Å²) in [6.07, 6.45) is 2.36. The van der Waals surface area contributed by atoms with E-state index in [1.807, 2.05) is 24.3 Å². The Balaban J connectivity index is 1.91. The average Bonchev–Trinajstić information content (AvgIpc) is 2.66. The molecule has 0 aliphatic heterocycles. The molecule has 0 saturated heterocycles. The molecule has 26 heavy (non-hydrogen) atoms. The predicted molar refractivity (Wildman–Crippen MR) is 102 cm³/mol. The van der Waals surface area contributed by atoms with Gasteiger partial charge in [-0.1, -0.05) is 37.6 Å². The first-order chi connectivity index (χ1) is 12.5. The summed E-state index contributed by atoms with van der Waals surface area (Å²) in [5, 5.41) is 2.77. The van der Waals surface area contributed by atoms with Crippen molar-refractivity contribution in [1.82, 2.24) is 0 Å². The molecule has 1 N–H and O–H groups in total. The lowest BCUT2D eigenvalue weighted by molar-refractivity contribution is -0.116. The maximum absolute atomic E-state index is 12.3. The van der Waals surface area contributed by atoms with E-state index in [0.29, 0.717) is 22.7 Å². The molecule has 0 unspecified atom stereocenters. The Kier molecular flexibility index (Phi) is 7.21. The van der Waals surface area contributed by atoms with Gasteiger partial charge in [-0.3, -0.25) is 9.59 Å². The number of methoxy groups -OCH3 is 2. The van der Waals surface area contributed by atoms with Gasteiger partial charge < -0.3 is 14.8 Å². The third kappa shape index (κ3) is 5.62. The van der Waals surface area contributed by atoms with Crippen molar-refractivity contribution in [3.63, 3.8) is 0 Å². The van der Waals surface area contributed by atoms with E-state index in [4.69, 9.17) is 9.47 Å². The third-order valence-corrected chi connectivity index (χ3v) is 4.03. The van der Waals surface area contributed by atoms with Crippen LogP contribution in [0.4, 0.5) is 5.69 Å². The Bertz CT molecular complexity index is 731. The molecule has 0 radical (unpaired) electrons. The van der Waals surface area contributed by atoms with E-state index in [-0.39, 0.29) is 24.5 Å². The molecule has 0 atom stereocenters. The van der Waals surface area contributed by atoms with Gasteiger partial charge in [-0.2, -0.15) is 0 Å². The lowest BCUT2D eigenvalue weighted by Crippen LogP contribution is -2.13. The molecule has 0 aliphatic rings. The van der Waals surface area contributed by atoms with Gasteiger partial charge in [0, 0.05) is 42.3 Å². The maximum Gasteiger partial charge on any atom is 0.224 e. The number of ether oxygens (including phenoxy) is 2. The van der Waals surface area contributed by atoms with Crippen LogP contribution >= 0.6 is 0 Å². The molecular formula is C21H25NO4. The standard InChI is InChI=1S/C21H25NO4/c1-4-5-15-6-8-16(9-7-15)20(23)10-11-21(24)22-17-12-18(25-2)14-19(13-17)26-3/h6-9,12-14H,4-5,10-11H2,1-3H3,(H,22,24). The second-order valence-corrected chi connectivity index (χ2v) is 6.02. The number of rotatable bonds is 9. The monoisotopic (exact) mass is 355 g/mol. The van der Waals surface area contributed by atoms with Crippen molar-refractivity contribution in [2.75, 3.05) is 19.5 Å². The molecule has 5 nitrogen and oxygen atoms in total. The van der Waals surface area contributed by atoms with Crippen LogP contribution in [0.2, 0.25) is 0 Å². The fourth-order valence-corrected chi connectivity index (χ4v) is 2.62. The molecule has 2 rings (SSSR count). The molecule has 0 aromatic heterocycles. The minimum Gasteiger partial charge on any atom is -0.497 e. The number of carbonyl (C=O) groups excluding carboxylic acids is 2. The number of nitrogens with one attached hydrogen (secondary N) is 1. The Labute approximate surface area is 154 Å². The maximum atomic E-state index is 12.3. The first-order valence-electron chi connectivity index (χ1n) is 8.70. The van der Waals surface area contributed by atoms with E-state index in [1.165, 1.54) is 5.56 Å². The van der Waals surface area contributed by atoms with Crippen molar-refractivity contribution in [2.45, 2.75) is 32.6 Å². The zero-order chi connectivity index (χ0) is 18.9. The minimum atomic E-state index is -0.226. The molecule has 1 amide bonds. The number of benzene rings is 2. The second-order valence-electron chi connectivity index (χ2n) is 6.02. The third-order valence-electron chi connectivity index (χ3n) is 4.03. The molecule has 2 aromatic rings. The van der Waals surface area contributed by atoms with Crippen molar-refractivity contribution >= 4 is 17.4 Å². The Morgan fingerprint density at radius 2 is 1.54 bits per heavy atom. The zero-order valence-corrected chi connectivity index (χ0v) is 15.5. The number of aryl methyl sites for hydroxylation is 1. The Morgan fingerprint density at radius 1 is 0.923 bits per heavy atom. The summed E-state index contributed by atoms with van der Waals surface area (Å²) in [5.74, 6) is 0.911. The van der Waals surface area contributed by atoms with Crippen LogP contribution in [-0.2, 0) is 11.2 Å². The number of amides is 1. The largest absolute Gasteiger partial charge is 0.497 e. The van der Waals surface area contributed by atoms with Crippen LogP contribution in [0.1, 0.15) is 42.1 Å². The second kappa shape index (κ2) is 9.61. The van der Waals surface area contributed by atoms with Crippen LogP contribution in [-0.4, -0.2) is 25.9 Å². The fourth-order valence-electron chi connectivity index (χ4n) is 2.62. The van der Waals surface area contributed by atoms with E-state index in [1.54, 1.807) is 32.4 Å². The van der Waals surface area contributed by atoms with Gasteiger partial charge in [0.1, 0.15) is 11.5 Å². The van der Waals surface area contributed by atoms with Crippen molar-refractivity contribution in [2.24, 2.45) is 0 Å². The molecule has 5 heteroatoms. The number of hydrogen-bond acceptors (Lipinski definition) is 4. The summed E-state index contributed by atoms with van der Waals surface area (Å²) in [5.41, 5.74) is 2.43. The van der Waals surface area contributed by atoms with Gasteiger partial charge in [0.25, 0.3) is 0 Å². The predicted octanol–water partition coefficient (Wildman–Crippen LogP) is 4.26. The van der Waals surface area contributed by atoms with Gasteiger partial charge in [-0.05, 0) is 12.0 Å². The first kappa shape index (κ1) is 19.5. The summed E-state index contributed by atoms with van der Waals surface area (Å²) in [4.78, 5) is 24.4. The lowest BCUT2D eigenvalue weighted by Gasteiger charge is -2.10. The van der Waals surface area contributed by atoms with E-state index >= 15 is 0 Å². The molecule has 0 aliphatic carbocycles. The number of hydrogen-bond donors (Lipinski definition) is 1. The van der Waals surface area contributed by atoms with Crippen LogP contribution in [0.3, 0.4) is 0 Å². The number of carbonyl (C=O) groups is 2. The molecule has 0 heterocycles. The van der Waals surface area contributed by atoms with Crippen LogP contribution < -0.4 is 14.8 Å². The van der Waals surface area contributed by atoms with Crippen LogP contribution in [0.25, 0.3) is 0 Å². The van der Waals surface area contributed by atoms with Gasteiger partial charge >= 0.3 is 0 Å². The highest BCUT2D eigenvalue weighted by Crippen LogP contribution is 2.25. The van der Waals surface area contributed by atoms with Gasteiger partial charge in [0.15, 0.2) is 5.78 Å². The van der Waals surface area contributed by atoms with E-state index in [0.717, 1.165) is 12.8 Å². The first-order valence-corrected chi connectivity index (χ1v) is 8.70. The highest BCUT2D eigenvalue weighted by molar-refractivity contribution is 6.00. The number of Topliss-reactive ketones (excluding diaryl/α,β-unsaturated/α-hetero) is 1. The van der Waals surface area contributed by atoms with Crippen LogP contribution in [0, 0.1) is 0 Å². The Morgan fingerprint density at radius 3 is 2.08 bits per heavy atom. The molecule has 0 spiro atoms. The van der Waals surface area contributed by atoms with Gasteiger partial charge in [-0.25, -0.2) is 0 Å². The number of anilines is 1. The quantitative estimate of drug-likeness (QED) is 0.683. The van der Waals surface area contributed by atoms with E-state index < -0.39 is 0 Å². The number of ketones is 1. The van der Waals surface area contributed by atoms with Crippen LogP contribution in [0.5, 0.6) is 11.5 Å². The minimum absolute atomic E-state index is 0.0357. The SMILES string of the molecule is CCCc1ccc(C(=O)CCC(=O)Nc2cc(OC)cc(OC)c2)cc1. The molecule has 0 fully saturated rings. The summed E-state index contributed by atoms with van der Waals surface area (Å²) in [6, 6.07) is 12.7. The summed E-state index contributed by atoms with van der Waals surface area (Å²) >= 11 is 0. The van der Waals surface area contributed by atoms with Gasteiger partial charge in [0.2, 0.25) is 5.91 Å². The zero-order valence-electron chi connectivity index (χ0n) is 15.5. The van der Waals surface area contributed by atoms with E-state index in [9.17, 15) is 9.59 Å². The van der Waals surface area contributed by atoms with Crippen LogP contribution in [0.15, 0.2) is 42.5 Å². The lowest BCUT2D eigenvalue weighted by atomic mass is 10.0. The highest BCUT2D eigenvalue weighted by atomic mass is 16.5. The van der Waals surface area contributed by atoms with Gasteiger partial charge in [-0.15, -0.1) is 0 Å². The molecular weight excluding hydrogens is 330 g/mol. The van der Waals surface area contributed by atoms with Gasteiger partial charge in [0.05, 0.1) is 14.2 Å². The molecule has 138 valence electrons. The fraction of sp³-hybridized carbons (Fsp3) is 0.333. The molecule has 0 bridgehead atoms. The molecule has 2 aromatic carbocycles.